The molecule has 0 fully saturated rings. The van der Waals surface area contributed by atoms with Gasteiger partial charge in [-0.15, -0.1) is 11.6 Å². The van der Waals surface area contributed by atoms with Gasteiger partial charge in [-0.25, -0.2) is 0 Å². The summed E-state index contributed by atoms with van der Waals surface area (Å²) < 4.78 is 10.5. The number of benzene rings is 2. The number of hydrogen-bond donors (Lipinski definition) is 1. The largest absolute Gasteiger partial charge is 0.392 e. The summed E-state index contributed by atoms with van der Waals surface area (Å²) in [6.45, 7) is 6.92. The van der Waals surface area contributed by atoms with Crippen LogP contribution >= 0.6 is 11.6 Å². The van der Waals surface area contributed by atoms with E-state index in [-0.39, 0.29) is 6.61 Å². The summed E-state index contributed by atoms with van der Waals surface area (Å²) >= 11 is 5.65. The predicted octanol–water partition coefficient (Wildman–Crippen LogP) is 4.68. The number of ether oxygens (including phenoxy) is 2. The van der Waals surface area contributed by atoms with Crippen molar-refractivity contribution >= 4 is 11.6 Å². The summed E-state index contributed by atoms with van der Waals surface area (Å²) in [6.07, 6.45) is 0. The number of hydrogen-bond acceptors (Lipinski definition) is 3. The fraction of sp³-hybridized carbons (Fsp3) is 0.400. The molecule has 0 unspecified atom stereocenters. The topological polar surface area (TPSA) is 38.7 Å². The first-order valence-electron chi connectivity index (χ1n) is 8.21. The molecule has 132 valence electrons. The van der Waals surface area contributed by atoms with Gasteiger partial charge in [-0.1, -0.05) is 48.5 Å². The molecule has 0 aliphatic heterocycles. The maximum Gasteiger partial charge on any atom is 0.0716 e. The average molecular weight is 351 g/mol. The first-order valence-corrected chi connectivity index (χ1v) is 8.74. The van der Waals surface area contributed by atoms with Crippen LogP contribution in [0.1, 0.15) is 36.1 Å². The van der Waals surface area contributed by atoms with Crippen molar-refractivity contribution in [3.05, 3.63) is 70.8 Å². The number of halogens is 1. The van der Waals surface area contributed by atoms with E-state index in [0.717, 1.165) is 29.9 Å². The van der Waals surface area contributed by atoms with Gasteiger partial charge in [0.25, 0.3) is 0 Å². The van der Waals surface area contributed by atoms with Crippen molar-refractivity contribution in [1.82, 2.24) is 0 Å². The summed E-state index contributed by atoms with van der Waals surface area (Å²) in [4.78, 5) is 0. The second kappa shape index (κ2) is 13.0. The van der Waals surface area contributed by atoms with Crippen LogP contribution in [-0.4, -0.2) is 18.3 Å². The van der Waals surface area contributed by atoms with Crippen LogP contribution in [0.2, 0.25) is 0 Å². The van der Waals surface area contributed by atoms with E-state index < -0.39 is 0 Å². The minimum atomic E-state index is 0.106. The van der Waals surface area contributed by atoms with Crippen molar-refractivity contribution in [3.8, 4) is 0 Å². The SMILES string of the molecule is CCOCc1ccc(CCl)cc1.CCOCc1ccc(CO)cc1. The highest BCUT2D eigenvalue weighted by Crippen LogP contribution is 2.07. The third-order valence-corrected chi connectivity index (χ3v) is 3.64. The summed E-state index contributed by atoms with van der Waals surface area (Å²) in [7, 11) is 0. The molecule has 0 saturated heterocycles. The first-order chi connectivity index (χ1) is 11.7. The Balaban J connectivity index is 0.000000240. The lowest BCUT2D eigenvalue weighted by molar-refractivity contribution is 0.134. The molecule has 0 radical (unpaired) electrons. The maximum absolute atomic E-state index is 8.77. The monoisotopic (exact) mass is 350 g/mol. The number of aliphatic hydroxyl groups excluding tert-OH is 1. The second-order valence-corrected chi connectivity index (χ2v) is 5.47. The van der Waals surface area contributed by atoms with Crippen LogP contribution in [0.5, 0.6) is 0 Å². The van der Waals surface area contributed by atoms with E-state index in [1.54, 1.807) is 0 Å². The molecule has 2 aromatic carbocycles. The molecular formula is C20H27ClO3. The van der Waals surface area contributed by atoms with Crippen LogP contribution in [0, 0.1) is 0 Å². The maximum atomic E-state index is 8.77. The van der Waals surface area contributed by atoms with Gasteiger partial charge in [0.2, 0.25) is 0 Å². The minimum Gasteiger partial charge on any atom is -0.392 e. The molecule has 3 nitrogen and oxygen atoms in total. The van der Waals surface area contributed by atoms with Crippen LogP contribution in [0.15, 0.2) is 48.5 Å². The molecule has 0 bridgehead atoms. The van der Waals surface area contributed by atoms with Gasteiger partial charge in [-0.05, 0) is 36.1 Å². The average Bonchev–Trinajstić information content (AvgIpc) is 2.66. The molecule has 0 amide bonds. The van der Waals surface area contributed by atoms with E-state index in [2.05, 4.69) is 0 Å². The zero-order valence-corrected chi connectivity index (χ0v) is 15.3. The van der Waals surface area contributed by atoms with Crippen LogP contribution < -0.4 is 0 Å². The van der Waals surface area contributed by atoms with Crippen LogP contribution in [0.4, 0.5) is 0 Å². The highest BCUT2D eigenvalue weighted by Gasteiger charge is 1.93. The van der Waals surface area contributed by atoms with Crippen molar-refractivity contribution in [2.45, 2.75) is 39.5 Å². The molecule has 4 heteroatoms. The smallest absolute Gasteiger partial charge is 0.0716 e. The molecule has 0 spiro atoms. The van der Waals surface area contributed by atoms with Gasteiger partial charge in [-0.2, -0.15) is 0 Å². The second-order valence-electron chi connectivity index (χ2n) is 5.20. The highest BCUT2D eigenvalue weighted by molar-refractivity contribution is 6.17. The Labute approximate surface area is 150 Å². The molecule has 0 saturated carbocycles. The summed E-state index contributed by atoms with van der Waals surface area (Å²) in [5, 5.41) is 8.77. The lowest BCUT2D eigenvalue weighted by atomic mass is 10.1. The third-order valence-electron chi connectivity index (χ3n) is 3.33. The number of alkyl halides is 1. The summed E-state index contributed by atoms with van der Waals surface area (Å²) in [6, 6.07) is 15.9. The van der Waals surface area contributed by atoms with Gasteiger partial charge in [0, 0.05) is 19.1 Å². The van der Waals surface area contributed by atoms with E-state index in [9.17, 15) is 0 Å². The van der Waals surface area contributed by atoms with E-state index in [0.29, 0.717) is 19.1 Å². The number of aliphatic hydroxyl groups is 1. The fourth-order valence-corrected chi connectivity index (χ4v) is 2.08. The molecule has 2 rings (SSSR count). The molecule has 0 heterocycles. The lowest BCUT2D eigenvalue weighted by Gasteiger charge is -2.01. The Kier molecular flexibility index (Phi) is 11.2. The Hall–Kier alpha value is -1.39. The van der Waals surface area contributed by atoms with E-state index >= 15 is 0 Å². The van der Waals surface area contributed by atoms with Crippen molar-refractivity contribution in [2.75, 3.05) is 13.2 Å². The zero-order chi connectivity index (χ0) is 17.6. The molecule has 1 N–H and O–H groups in total. The molecule has 0 aliphatic rings. The van der Waals surface area contributed by atoms with Gasteiger partial charge in [0.05, 0.1) is 19.8 Å². The van der Waals surface area contributed by atoms with Crippen LogP contribution in [0.3, 0.4) is 0 Å². The lowest BCUT2D eigenvalue weighted by Crippen LogP contribution is -1.92. The Bertz CT molecular complexity index is 486. The molecule has 0 atom stereocenters. The molecule has 0 aromatic heterocycles. The van der Waals surface area contributed by atoms with E-state index in [1.165, 1.54) is 5.56 Å². The zero-order valence-electron chi connectivity index (χ0n) is 14.5. The fourth-order valence-electron chi connectivity index (χ4n) is 1.91. The van der Waals surface area contributed by atoms with Gasteiger partial charge in [0.15, 0.2) is 0 Å². The standard InChI is InChI=1S/C10H13ClO.C10H14O2/c2*1-2-12-8-10-5-3-9(7-11)4-6-10/h3-6H,2,7-8H2,1H3;3-6,11H,2,7-8H2,1H3. The predicted molar refractivity (Wildman–Crippen MR) is 99.0 cm³/mol. The van der Waals surface area contributed by atoms with Crippen LogP contribution in [0.25, 0.3) is 0 Å². The van der Waals surface area contributed by atoms with Gasteiger partial charge in [-0.3, -0.25) is 0 Å². The quantitative estimate of drug-likeness (QED) is 0.703. The summed E-state index contributed by atoms with van der Waals surface area (Å²) in [5.41, 5.74) is 4.44. The Morgan fingerprint density at radius 3 is 1.42 bits per heavy atom. The van der Waals surface area contributed by atoms with Gasteiger partial charge < -0.3 is 14.6 Å². The highest BCUT2D eigenvalue weighted by atomic mass is 35.5. The van der Waals surface area contributed by atoms with Gasteiger partial charge in [0.1, 0.15) is 0 Å². The van der Waals surface area contributed by atoms with E-state index in [4.69, 9.17) is 26.2 Å². The molecule has 24 heavy (non-hydrogen) atoms. The summed E-state index contributed by atoms with van der Waals surface area (Å²) in [5.74, 6) is 0.578. The van der Waals surface area contributed by atoms with E-state index in [1.807, 2.05) is 62.4 Å². The Morgan fingerprint density at radius 2 is 1.08 bits per heavy atom. The van der Waals surface area contributed by atoms with Gasteiger partial charge >= 0.3 is 0 Å². The van der Waals surface area contributed by atoms with Crippen molar-refractivity contribution in [3.63, 3.8) is 0 Å². The Morgan fingerprint density at radius 1 is 0.708 bits per heavy atom. The first kappa shape index (κ1) is 20.7. The molecule has 2 aromatic rings. The van der Waals surface area contributed by atoms with Crippen molar-refractivity contribution in [1.29, 1.82) is 0 Å². The van der Waals surface area contributed by atoms with Crippen LogP contribution in [-0.2, 0) is 35.2 Å². The molecular weight excluding hydrogens is 324 g/mol. The normalized spacial score (nSPS) is 10.2. The third kappa shape index (κ3) is 8.46. The number of rotatable bonds is 8. The molecule has 0 aliphatic carbocycles. The minimum absolute atomic E-state index is 0.106. The van der Waals surface area contributed by atoms with Crippen molar-refractivity contribution < 1.29 is 14.6 Å². The van der Waals surface area contributed by atoms with Crippen molar-refractivity contribution in [2.24, 2.45) is 0 Å².